The predicted octanol–water partition coefficient (Wildman–Crippen LogP) is 4.29. The summed E-state index contributed by atoms with van der Waals surface area (Å²) in [7, 11) is 3.13. The largest absolute Gasteiger partial charge is 0.493 e. The number of para-hydroxylation sites is 1. The van der Waals surface area contributed by atoms with Gasteiger partial charge in [-0.3, -0.25) is 4.79 Å². The van der Waals surface area contributed by atoms with Gasteiger partial charge in [-0.15, -0.1) is 0 Å². The first-order valence-electron chi connectivity index (χ1n) is 11.3. The molecule has 0 fully saturated rings. The maximum absolute atomic E-state index is 13.3. The van der Waals surface area contributed by atoms with E-state index >= 15 is 0 Å². The summed E-state index contributed by atoms with van der Waals surface area (Å²) >= 11 is 0. The van der Waals surface area contributed by atoms with E-state index < -0.39 is 11.9 Å². The van der Waals surface area contributed by atoms with Crippen LogP contribution in [0, 0.1) is 0 Å². The lowest BCUT2D eigenvalue weighted by molar-refractivity contribution is -0.140. The van der Waals surface area contributed by atoms with E-state index in [-0.39, 0.29) is 19.0 Å². The van der Waals surface area contributed by atoms with Gasteiger partial charge in [0.25, 0.3) is 0 Å². The summed E-state index contributed by atoms with van der Waals surface area (Å²) in [5, 5.41) is 3.30. The number of hydrogen-bond donors (Lipinski definition) is 1. The van der Waals surface area contributed by atoms with E-state index in [9.17, 15) is 9.59 Å². The molecular formula is C27H29NO6. The zero-order valence-corrected chi connectivity index (χ0v) is 19.7. The third-order valence-corrected chi connectivity index (χ3v) is 6.07. The number of methoxy groups -OCH3 is 2. The van der Waals surface area contributed by atoms with Crippen LogP contribution in [0.15, 0.2) is 71.1 Å². The van der Waals surface area contributed by atoms with E-state index in [0.29, 0.717) is 40.5 Å². The summed E-state index contributed by atoms with van der Waals surface area (Å²) in [6, 6.07) is 14.8. The van der Waals surface area contributed by atoms with Crippen molar-refractivity contribution < 1.29 is 28.5 Å². The molecular weight excluding hydrogens is 434 g/mol. The monoisotopic (exact) mass is 463 g/mol. The second-order valence-electron chi connectivity index (χ2n) is 8.18. The molecule has 2 aliphatic rings. The normalized spacial score (nSPS) is 17.6. The quantitative estimate of drug-likeness (QED) is 0.462. The number of benzene rings is 2. The number of dihydropyridines is 1. The van der Waals surface area contributed by atoms with Crippen LogP contribution in [0.5, 0.6) is 17.2 Å². The lowest BCUT2D eigenvalue weighted by Crippen LogP contribution is -2.34. The summed E-state index contributed by atoms with van der Waals surface area (Å²) < 4.78 is 22.1. The molecule has 4 rings (SSSR count). The van der Waals surface area contributed by atoms with Crippen LogP contribution in [0.25, 0.3) is 0 Å². The molecule has 0 unspecified atom stereocenters. The van der Waals surface area contributed by atoms with Gasteiger partial charge in [0.2, 0.25) is 0 Å². The number of hydrogen-bond acceptors (Lipinski definition) is 7. The molecule has 0 saturated carbocycles. The Morgan fingerprint density at radius 1 is 1.00 bits per heavy atom. The first kappa shape index (κ1) is 23.4. The highest BCUT2D eigenvalue weighted by atomic mass is 16.6. The van der Waals surface area contributed by atoms with Crippen molar-refractivity contribution in [1.82, 2.24) is 5.32 Å². The number of rotatable bonds is 8. The number of nitrogens with one attached hydrogen (secondary N) is 1. The van der Waals surface area contributed by atoms with Crippen molar-refractivity contribution in [3.05, 3.63) is 76.6 Å². The zero-order valence-electron chi connectivity index (χ0n) is 19.7. The van der Waals surface area contributed by atoms with E-state index in [0.717, 1.165) is 24.1 Å². The number of ether oxygens (including phenoxy) is 4. The molecule has 0 saturated heterocycles. The topological polar surface area (TPSA) is 83.1 Å². The Morgan fingerprint density at radius 3 is 2.50 bits per heavy atom. The molecule has 7 heteroatoms. The Balaban J connectivity index is 1.61. The maximum Gasteiger partial charge on any atom is 0.336 e. The Labute approximate surface area is 199 Å². The fraction of sp³-hybridized carbons (Fsp3) is 0.333. The van der Waals surface area contributed by atoms with Gasteiger partial charge in [0.15, 0.2) is 17.3 Å². The molecule has 0 amide bonds. The summed E-state index contributed by atoms with van der Waals surface area (Å²) in [5.41, 5.74) is 3.37. The van der Waals surface area contributed by atoms with Crippen molar-refractivity contribution in [2.24, 2.45) is 0 Å². The van der Waals surface area contributed by atoms with Crippen molar-refractivity contribution >= 4 is 11.8 Å². The average molecular weight is 464 g/mol. The maximum atomic E-state index is 13.3. The van der Waals surface area contributed by atoms with Gasteiger partial charge < -0.3 is 24.3 Å². The number of allylic oxidation sites excluding steroid dienone is 3. The molecule has 1 atom stereocenters. The molecule has 1 N–H and O–H groups in total. The number of Topliss-reactive ketones (excluding diaryl/α,β-unsaturated/α-hetero) is 1. The minimum Gasteiger partial charge on any atom is -0.493 e. The minimum absolute atomic E-state index is 0.0405. The molecule has 2 aromatic carbocycles. The number of ketones is 1. The molecule has 1 heterocycles. The Bertz CT molecular complexity index is 1140. The van der Waals surface area contributed by atoms with Gasteiger partial charge in [0.05, 0.1) is 19.8 Å². The molecule has 34 heavy (non-hydrogen) atoms. The Kier molecular flexibility index (Phi) is 7.21. The van der Waals surface area contributed by atoms with E-state index in [4.69, 9.17) is 18.9 Å². The van der Waals surface area contributed by atoms with E-state index in [1.807, 2.05) is 49.4 Å². The molecule has 0 spiro atoms. The number of esters is 1. The highest BCUT2D eigenvalue weighted by Crippen LogP contribution is 2.44. The smallest absolute Gasteiger partial charge is 0.336 e. The van der Waals surface area contributed by atoms with Gasteiger partial charge in [-0.2, -0.15) is 0 Å². The molecule has 0 radical (unpaired) electrons. The van der Waals surface area contributed by atoms with Gasteiger partial charge in [-0.1, -0.05) is 24.3 Å². The SMILES string of the molecule is COc1ccc([C@H]2C(C(=O)OCCOc3ccccc3)=C(C)NC3=C2C(=O)CCC3)cc1OC. The Hall–Kier alpha value is -3.74. The van der Waals surface area contributed by atoms with Crippen LogP contribution in [0.3, 0.4) is 0 Å². The van der Waals surface area contributed by atoms with Gasteiger partial charge in [-0.05, 0) is 49.6 Å². The van der Waals surface area contributed by atoms with Crippen LogP contribution in [0.4, 0.5) is 0 Å². The second kappa shape index (κ2) is 10.5. The van der Waals surface area contributed by atoms with Crippen molar-refractivity contribution in [2.45, 2.75) is 32.1 Å². The fourth-order valence-corrected chi connectivity index (χ4v) is 4.51. The van der Waals surface area contributed by atoms with Crippen LogP contribution in [-0.4, -0.2) is 39.2 Å². The summed E-state index contributed by atoms with van der Waals surface area (Å²) in [4.78, 5) is 26.3. The van der Waals surface area contributed by atoms with Gasteiger partial charge >= 0.3 is 5.97 Å². The molecule has 0 bridgehead atoms. The van der Waals surface area contributed by atoms with Crippen LogP contribution in [0.2, 0.25) is 0 Å². The highest BCUT2D eigenvalue weighted by molar-refractivity contribution is 6.03. The molecule has 2 aromatic rings. The van der Waals surface area contributed by atoms with Gasteiger partial charge in [0.1, 0.15) is 19.0 Å². The molecule has 7 nitrogen and oxygen atoms in total. The van der Waals surface area contributed by atoms with Gasteiger partial charge in [-0.25, -0.2) is 4.79 Å². The third kappa shape index (κ3) is 4.78. The second-order valence-corrected chi connectivity index (χ2v) is 8.18. The fourth-order valence-electron chi connectivity index (χ4n) is 4.51. The highest BCUT2D eigenvalue weighted by Gasteiger charge is 2.39. The standard InChI is InChI=1S/C27H29NO6/c1-17-24(27(30)34-15-14-33-19-8-5-4-6-9-19)25(26-20(28-17)10-7-11-21(26)29)18-12-13-22(31-2)23(16-18)32-3/h4-6,8-9,12-13,16,25,28H,7,10-11,14-15H2,1-3H3/t25-/m0/s1. The predicted molar refractivity (Wildman–Crippen MR) is 127 cm³/mol. The molecule has 0 aromatic heterocycles. The van der Waals surface area contributed by atoms with E-state index in [1.54, 1.807) is 20.3 Å². The summed E-state index contributed by atoms with van der Waals surface area (Å²) in [6.07, 6.45) is 2.00. The molecule has 178 valence electrons. The minimum atomic E-state index is -0.550. The Morgan fingerprint density at radius 2 is 1.76 bits per heavy atom. The van der Waals surface area contributed by atoms with Gasteiger partial charge in [0, 0.05) is 29.3 Å². The van der Waals surface area contributed by atoms with Crippen LogP contribution >= 0.6 is 0 Å². The molecule has 1 aliphatic heterocycles. The zero-order chi connectivity index (χ0) is 24.1. The van der Waals surface area contributed by atoms with Crippen molar-refractivity contribution in [2.75, 3.05) is 27.4 Å². The van der Waals surface area contributed by atoms with Crippen LogP contribution in [-0.2, 0) is 14.3 Å². The van der Waals surface area contributed by atoms with E-state index in [2.05, 4.69) is 5.32 Å². The van der Waals surface area contributed by atoms with Crippen LogP contribution in [0.1, 0.15) is 37.7 Å². The summed E-state index contributed by atoms with van der Waals surface area (Å²) in [6.45, 7) is 2.15. The van der Waals surface area contributed by atoms with Crippen molar-refractivity contribution in [1.29, 1.82) is 0 Å². The lowest BCUT2D eigenvalue weighted by atomic mass is 9.75. The van der Waals surface area contributed by atoms with E-state index in [1.165, 1.54) is 0 Å². The average Bonchev–Trinajstić information content (AvgIpc) is 2.86. The lowest BCUT2D eigenvalue weighted by Gasteiger charge is -2.34. The number of carbonyl (C=O) groups is 2. The van der Waals surface area contributed by atoms with Crippen LogP contribution < -0.4 is 19.5 Å². The molecule has 1 aliphatic carbocycles. The van der Waals surface area contributed by atoms with Crippen molar-refractivity contribution in [3.8, 4) is 17.2 Å². The summed E-state index contributed by atoms with van der Waals surface area (Å²) in [5.74, 6) is 0.827. The first-order chi connectivity index (χ1) is 16.5. The van der Waals surface area contributed by atoms with Crippen molar-refractivity contribution in [3.63, 3.8) is 0 Å². The third-order valence-electron chi connectivity index (χ3n) is 6.07. The number of carbonyl (C=O) groups excluding carboxylic acids is 2. The first-order valence-corrected chi connectivity index (χ1v) is 11.3.